The highest BCUT2D eigenvalue weighted by Gasteiger charge is 2.08. The lowest BCUT2D eigenvalue weighted by Crippen LogP contribution is -1.92. The van der Waals surface area contributed by atoms with Gasteiger partial charge in [-0.15, -0.1) is 0 Å². The van der Waals surface area contributed by atoms with Crippen molar-refractivity contribution in [1.82, 2.24) is 0 Å². The molecule has 17 heavy (non-hydrogen) atoms. The third-order valence-electron chi connectivity index (χ3n) is 2.25. The van der Waals surface area contributed by atoms with Crippen LogP contribution in [0.5, 0.6) is 11.5 Å². The first kappa shape index (κ1) is 12.2. The molecule has 0 heterocycles. The van der Waals surface area contributed by atoms with Crippen LogP contribution in [-0.2, 0) is 6.61 Å². The minimum absolute atomic E-state index is 0.122. The fraction of sp³-hybridized carbons (Fsp3) is 0.0769. The molecule has 4 heteroatoms. The van der Waals surface area contributed by atoms with E-state index in [9.17, 15) is 5.11 Å². The Morgan fingerprint density at radius 2 is 1.71 bits per heavy atom. The minimum atomic E-state index is -0.122. The Bertz CT molecular complexity index is 509. The molecule has 0 bridgehead atoms. The molecule has 0 aliphatic heterocycles. The molecule has 2 aromatic carbocycles. The van der Waals surface area contributed by atoms with Gasteiger partial charge in [-0.1, -0.05) is 35.3 Å². The molecule has 2 nitrogen and oxygen atoms in total. The highest BCUT2D eigenvalue weighted by molar-refractivity contribution is 6.32. The van der Waals surface area contributed by atoms with Crippen LogP contribution in [0.4, 0.5) is 0 Å². The van der Waals surface area contributed by atoms with E-state index in [1.165, 1.54) is 0 Å². The van der Waals surface area contributed by atoms with Crippen molar-refractivity contribution in [3.8, 4) is 11.5 Å². The first-order valence-corrected chi connectivity index (χ1v) is 5.78. The summed E-state index contributed by atoms with van der Waals surface area (Å²) in [6, 6.07) is 12.2. The van der Waals surface area contributed by atoms with Crippen LogP contribution in [0.25, 0.3) is 0 Å². The van der Waals surface area contributed by atoms with Crippen molar-refractivity contribution in [2.75, 3.05) is 0 Å². The van der Waals surface area contributed by atoms with E-state index in [1.54, 1.807) is 42.5 Å². The lowest BCUT2D eigenvalue weighted by Gasteiger charge is -2.11. The third-order valence-corrected chi connectivity index (χ3v) is 2.80. The van der Waals surface area contributed by atoms with E-state index in [0.717, 1.165) is 0 Å². The summed E-state index contributed by atoms with van der Waals surface area (Å²) >= 11 is 11.8. The molecule has 0 amide bonds. The summed E-state index contributed by atoms with van der Waals surface area (Å²) < 4.78 is 5.64. The Morgan fingerprint density at radius 3 is 2.35 bits per heavy atom. The molecule has 88 valence electrons. The van der Waals surface area contributed by atoms with Crippen LogP contribution in [0.1, 0.15) is 5.56 Å². The van der Waals surface area contributed by atoms with E-state index in [4.69, 9.17) is 27.9 Å². The summed E-state index contributed by atoms with van der Waals surface area (Å²) in [4.78, 5) is 0. The van der Waals surface area contributed by atoms with E-state index in [1.807, 2.05) is 0 Å². The molecule has 0 radical (unpaired) electrons. The number of benzene rings is 2. The van der Waals surface area contributed by atoms with Gasteiger partial charge in [0, 0.05) is 10.6 Å². The summed E-state index contributed by atoms with van der Waals surface area (Å²) in [7, 11) is 0. The van der Waals surface area contributed by atoms with Crippen LogP contribution in [0.3, 0.4) is 0 Å². The van der Waals surface area contributed by atoms with Crippen molar-refractivity contribution in [1.29, 1.82) is 0 Å². The first-order valence-electron chi connectivity index (χ1n) is 5.02. The second-order valence-electron chi connectivity index (χ2n) is 3.44. The van der Waals surface area contributed by atoms with Crippen LogP contribution >= 0.6 is 23.2 Å². The minimum Gasteiger partial charge on any atom is -0.455 e. The van der Waals surface area contributed by atoms with Gasteiger partial charge in [0.15, 0.2) is 5.75 Å². The molecule has 2 aromatic rings. The van der Waals surface area contributed by atoms with E-state index in [2.05, 4.69) is 0 Å². The SMILES string of the molecule is OCc1cccc(Cl)c1Oc1ccc(Cl)cc1. The average Bonchev–Trinajstić information content (AvgIpc) is 2.34. The summed E-state index contributed by atoms with van der Waals surface area (Å²) in [5.74, 6) is 1.09. The number of ether oxygens (including phenoxy) is 1. The monoisotopic (exact) mass is 268 g/mol. The maximum Gasteiger partial charge on any atom is 0.151 e. The normalized spacial score (nSPS) is 10.3. The second kappa shape index (κ2) is 5.41. The van der Waals surface area contributed by atoms with Crippen molar-refractivity contribution in [3.63, 3.8) is 0 Å². The van der Waals surface area contributed by atoms with Crippen LogP contribution in [-0.4, -0.2) is 5.11 Å². The largest absolute Gasteiger partial charge is 0.455 e. The smallest absolute Gasteiger partial charge is 0.151 e. The number of aliphatic hydroxyl groups excluding tert-OH is 1. The fourth-order valence-electron chi connectivity index (χ4n) is 1.41. The van der Waals surface area contributed by atoms with Gasteiger partial charge >= 0.3 is 0 Å². The van der Waals surface area contributed by atoms with Gasteiger partial charge in [0.25, 0.3) is 0 Å². The summed E-state index contributed by atoms with van der Waals surface area (Å²) in [6.45, 7) is -0.122. The Labute approximate surface area is 109 Å². The lowest BCUT2D eigenvalue weighted by atomic mass is 10.2. The van der Waals surface area contributed by atoms with Crippen molar-refractivity contribution >= 4 is 23.2 Å². The molecule has 0 fully saturated rings. The Balaban J connectivity index is 2.32. The highest BCUT2D eigenvalue weighted by atomic mass is 35.5. The van der Waals surface area contributed by atoms with Gasteiger partial charge in [-0.25, -0.2) is 0 Å². The lowest BCUT2D eigenvalue weighted by molar-refractivity contribution is 0.276. The number of aliphatic hydroxyl groups is 1. The van der Waals surface area contributed by atoms with E-state index in [0.29, 0.717) is 27.1 Å². The van der Waals surface area contributed by atoms with Crippen LogP contribution in [0, 0.1) is 0 Å². The van der Waals surface area contributed by atoms with Crippen LogP contribution in [0.2, 0.25) is 10.0 Å². The first-order chi connectivity index (χ1) is 8.20. The van der Waals surface area contributed by atoms with E-state index in [-0.39, 0.29) is 6.61 Å². The highest BCUT2D eigenvalue weighted by Crippen LogP contribution is 2.33. The molecule has 2 rings (SSSR count). The van der Waals surface area contributed by atoms with E-state index < -0.39 is 0 Å². The summed E-state index contributed by atoms with van der Waals surface area (Å²) in [5.41, 5.74) is 0.646. The maximum atomic E-state index is 9.21. The zero-order valence-corrected chi connectivity index (χ0v) is 10.4. The van der Waals surface area contributed by atoms with Gasteiger partial charge in [0.2, 0.25) is 0 Å². The topological polar surface area (TPSA) is 29.5 Å². The van der Waals surface area contributed by atoms with E-state index >= 15 is 0 Å². The number of para-hydroxylation sites is 1. The van der Waals surface area contributed by atoms with Crippen molar-refractivity contribution in [2.45, 2.75) is 6.61 Å². The summed E-state index contributed by atoms with van der Waals surface area (Å²) in [5, 5.41) is 10.3. The molecule has 0 aliphatic carbocycles. The maximum absolute atomic E-state index is 9.21. The zero-order valence-electron chi connectivity index (χ0n) is 8.86. The van der Waals surface area contributed by atoms with Crippen molar-refractivity contribution < 1.29 is 9.84 Å². The number of rotatable bonds is 3. The predicted molar refractivity (Wildman–Crippen MR) is 68.9 cm³/mol. The molecular formula is C13H10Cl2O2. The molecule has 0 aromatic heterocycles. The molecule has 1 N–H and O–H groups in total. The number of halogens is 2. The summed E-state index contributed by atoms with van der Waals surface area (Å²) in [6.07, 6.45) is 0. The molecule has 0 spiro atoms. The van der Waals surface area contributed by atoms with Gasteiger partial charge < -0.3 is 9.84 Å². The standard InChI is InChI=1S/C13H10Cl2O2/c14-10-4-6-11(7-5-10)17-13-9(8-16)2-1-3-12(13)15/h1-7,16H,8H2. The van der Waals surface area contributed by atoms with Gasteiger partial charge in [0.05, 0.1) is 11.6 Å². The van der Waals surface area contributed by atoms with Gasteiger partial charge in [-0.2, -0.15) is 0 Å². The quantitative estimate of drug-likeness (QED) is 0.901. The molecule has 0 unspecified atom stereocenters. The molecule has 0 saturated heterocycles. The third kappa shape index (κ3) is 2.91. The van der Waals surface area contributed by atoms with Gasteiger partial charge in [0.1, 0.15) is 5.75 Å². The van der Waals surface area contributed by atoms with Crippen LogP contribution in [0.15, 0.2) is 42.5 Å². The van der Waals surface area contributed by atoms with Crippen molar-refractivity contribution in [3.05, 3.63) is 58.1 Å². The zero-order chi connectivity index (χ0) is 12.3. The number of hydrogen-bond donors (Lipinski definition) is 1. The molecular weight excluding hydrogens is 259 g/mol. The van der Waals surface area contributed by atoms with Gasteiger partial charge in [-0.3, -0.25) is 0 Å². The second-order valence-corrected chi connectivity index (χ2v) is 4.29. The Morgan fingerprint density at radius 1 is 1.00 bits per heavy atom. The number of hydrogen-bond acceptors (Lipinski definition) is 2. The molecule has 0 aliphatic rings. The van der Waals surface area contributed by atoms with Gasteiger partial charge in [-0.05, 0) is 30.3 Å². The molecule has 0 saturated carbocycles. The Hall–Kier alpha value is -1.22. The fourth-order valence-corrected chi connectivity index (χ4v) is 1.77. The Kier molecular flexibility index (Phi) is 3.89. The van der Waals surface area contributed by atoms with Crippen molar-refractivity contribution in [2.24, 2.45) is 0 Å². The molecule has 0 atom stereocenters. The van der Waals surface area contributed by atoms with Crippen LogP contribution < -0.4 is 4.74 Å². The average molecular weight is 269 g/mol. The predicted octanol–water partition coefficient (Wildman–Crippen LogP) is 4.28.